The molecule has 0 saturated heterocycles. The van der Waals surface area contributed by atoms with Crippen molar-refractivity contribution in [1.82, 2.24) is 0 Å². The summed E-state index contributed by atoms with van der Waals surface area (Å²) in [5.41, 5.74) is -2.44. The number of ether oxygens (including phenoxy) is 1. The Morgan fingerprint density at radius 2 is 1.74 bits per heavy atom. The van der Waals surface area contributed by atoms with Crippen LogP contribution >= 0.6 is 0 Å². The first-order chi connectivity index (χ1) is 10.2. The first kappa shape index (κ1) is 19.3. The molecule has 1 amide bonds. The Morgan fingerprint density at radius 3 is 2.17 bits per heavy atom. The Morgan fingerprint density at radius 1 is 1.17 bits per heavy atom. The fourth-order valence-electron chi connectivity index (χ4n) is 1.90. The lowest BCUT2D eigenvalue weighted by molar-refractivity contribution is -0.137. The molecule has 0 unspecified atom stereocenters. The van der Waals surface area contributed by atoms with Crippen molar-refractivity contribution >= 4 is 11.8 Å². The lowest BCUT2D eigenvalue weighted by Crippen LogP contribution is -2.28. The fraction of sp³-hybridized carbons (Fsp3) is 0.562. The van der Waals surface area contributed by atoms with Gasteiger partial charge in [-0.3, -0.25) is 5.32 Å². The number of rotatable bonds is 3. The highest BCUT2D eigenvalue weighted by Crippen LogP contribution is 2.33. The number of carbonyl (C=O) groups excluding carboxylic acids is 1. The van der Waals surface area contributed by atoms with Crippen molar-refractivity contribution < 1.29 is 27.8 Å². The molecule has 0 aliphatic carbocycles. The Bertz CT molecular complexity index is 569. The van der Waals surface area contributed by atoms with Crippen molar-refractivity contribution in [2.45, 2.75) is 58.4 Å². The van der Waals surface area contributed by atoms with E-state index in [0.717, 1.165) is 12.1 Å². The molecule has 1 rings (SSSR count). The van der Waals surface area contributed by atoms with Gasteiger partial charge in [0.25, 0.3) is 0 Å². The number of hydrogen-bond acceptors (Lipinski definition) is 3. The van der Waals surface area contributed by atoms with Gasteiger partial charge in [-0.15, -0.1) is 0 Å². The lowest BCUT2D eigenvalue weighted by atomic mass is 9.96. The summed E-state index contributed by atoms with van der Waals surface area (Å²) < 4.78 is 43.6. The van der Waals surface area contributed by atoms with Crippen LogP contribution in [0.25, 0.3) is 0 Å². The van der Waals surface area contributed by atoms with Gasteiger partial charge in [-0.05, 0) is 52.3 Å². The summed E-state index contributed by atoms with van der Waals surface area (Å²) in [7, 11) is 0. The molecule has 0 saturated carbocycles. The maximum Gasteiger partial charge on any atom is 0.416 e. The number of anilines is 1. The number of benzene rings is 1. The minimum absolute atomic E-state index is 0.0313. The van der Waals surface area contributed by atoms with Gasteiger partial charge in [0.2, 0.25) is 0 Å². The molecule has 0 aliphatic rings. The van der Waals surface area contributed by atoms with Crippen molar-refractivity contribution in [3.63, 3.8) is 0 Å². The smallest absolute Gasteiger partial charge is 0.416 e. The molecule has 7 heteroatoms. The van der Waals surface area contributed by atoms with E-state index in [1.165, 1.54) is 19.9 Å². The summed E-state index contributed by atoms with van der Waals surface area (Å²) >= 11 is 0. The number of alkyl halides is 3. The fourth-order valence-corrected chi connectivity index (χ4v) is 1.90. The second-order valence-corrected chi connectivity index (χ2v) is 6.99. The van der Waals surface area contributed by atoms with Crippen LogP contribution in [0.5, 0.6) is 0 Å². The van der Waals surface area contributed by atoms with Crippen LogP contribution in [-0.4, -0.2) is 22.4 Å². The van der Waals surface area contributed by atoms with Crippen molar-refractivity contribution in [2.24, 2.45) is 0 Å². The van der Waals surface area contributed by atoms with Gasteiger partial charge in [0.05, 0.1) is 11.2 Å². The molecular weight excluding hydrogens is 311 g/mol. The van der Waals surface area contributed by atoms with E-state index in [0.29, 0.717) is 5.56 Å². The zero-order valence-electron chi connectivity index (χ0n) is 13.8. The zero-order chi connectivity index (χ0) is 18.1. The largest absolute Gasteiger partial charge is 0.444 e. The lowest BCUT2D eigenvalue weighted by Gasteiger charge is -2.23. The molecule has 0 aromatic heterocycles. The predicted octanol–water partition coefficient (Wildman–Crippen LogP) is 4.37. The van der Waals surface area contributed by atoms with E-state index in [4.69, 9.17) is 4.74 Å². The van der Waals surface area contributed by atoms with E-state index in [1.807, 2.05) is 0 Å². The summed E-state index contributed by atoms with van der Waals surface area (Å²) in [5, 5.41) is 12.2. The summed E-state index contributed by atoms with van der Waals surface area (Å²) in [6, 6.07) is 3.00. The number of halogens is 3. The highest BCUT2D eigenvalue weighted by Gasteiger charge is 2.32. The SMILES string of the molecule is CC(C)(O)Cc1ccc(C(F)(F)F)cc1NC(=O)OC(C)(C)C. The molecule has 0 aliphatic heterocycles. The van der Waals surface area contributed by atoms with Crippen LogP contribution in [0.1, 0.15) is 45.7 Å². The third kappa shape index (κ3) is 6.90. The minimum atomic E-state index is -4.53. The summed E-state index contributed by atoms with van der Waals surface area (Å²) in [4.78, 5) is 11.8. The van der Waals surface area contributed by atoms with Gasteiger partial charge in [0, 0.05) is 12.1 Å². The summed E-state index contributed by atoms with van der Waals surface area (Å²) in [5.74, 6) is 0. The van der Waals surface area contributed by atoms with Gasteiger partial charge in [-0.25, -0.2) is 4.79 Å². The molecule has 0 bridgehead atoms. The molecular formula is C16H22F3NO3. The van der Waals surface area contributed by atoms with Crippen molar-refractivity contribution in [3.05, 3.63) is 29.3 Å². The van der Waals surface area contributed by atoms with Crippen LogP contribution in [0.4, 0.5) is 23.7 Å². The van der Waals surface area contributed by atoms with Gasteiger partial charge in [0.15, 0.2) is 0 Å². The van der Waals surface area contributed by atoms with E-state index < -0.39 is 29.0 Å². The van der Waals surface area contributed by atoms with Crippen molar-refractivity contribution in [1.29, 1.82) is 0 Å². The number of carbonyl (C=O) groups is 1. The first-order valence-electron chi connectivity index (χ1n) is 7.10. The van der Waals surface area contributed by atoms with Crippen molar-refractivity contribution in [3.8, 4) is 0 Å². The second kappa shape index (κ2) is 6.39. The molecule has 0 fully saturated rings. The van der Waals surface area contributed by atoms with Gasteiger partial charge < -0.3 is 9.84 Å². The molecule has 0 radical (unpaired) electrons. The van der Waals surface area contributed by atoms with Crippen LogP contribution in [0.15, 0.2) is 18.2 Å². The topological polar surface area (TPSA) is 58.6 Å². The van der Waals surface area contributed by atoms with Crippen molar-refractivity contribution in [2.75, 3.05) is 5.32 Å². The number of amides is 1. The average Bonchev–Trinajstić information content (AvgIpc) is 2.25. The van der Waals surface area contributed by atoms with E-state index >= 15 is 0 Å². The van der Waals surface area contributed by atoms with Crippen LogP contribution in [0, 0.1) is 0 Å². The Labute approximate surface area is 133 Å². The molecule has 4 nitrogen and oxygen atoms in total. The third-order valence-electron chi connectivity index (χ3n) is 2.70. The van der Waals surface area contributed by atoms with E-state index in [1.54, 1.807) is 20.8 Å². The van der Waals surface area contributed by atoms with Crippen LogP contribution in [0.3, 0.4) is 0 Å². The Hall–Kier alpha value is -1.76. The normalized spacial score (nSPS) is 12.9. The van der Waals surface area contributed by atoms with Gasteiger partial charge in [0.1, 0.15) is 5.60 Å². The number of aliphatic hydroxyl groups is 1. The molecule has 1 aromatic carbocycles. The maximum atomic E-state index is 12.9. The first-order valence-corrected chi connectivity index (χ1v) is 7.10. The maximum absolute atomic E-state index is 12.9. The second-order valence-electron chi connectivity index (χ2n) is 6.99. The standard InChI is InChI=1S/C16H22F3NO3/c1-14(2,3)23-13(21)20-12-8-11(16(17,18)19)7-6-10(12)9-15(4,5)22/h6-8,22H,9H2,1-5H3,(H,20,21). The Kier molecular flexibility index (Phi) is 5.36. The van der Waals surface area contributed by atoms with E-state index in [-0.39, 0.29) is 12.1 Å². The predicted molar refractivity (Wildman–Crippen MR) is 81.3 cm³/mol. The Balaban J connectivity index is 3.15. The molecule has 1 aromatic rings. The van der Waals surface area contributed by atoms with Crippen LogP contribution in [0.2, 0.25) is 0 Å². The third-order valence-corrected chi connectivity index (χ3v) is 2.70. The highest BCUT2D eigenvalue weighted by atomic mass is 19.4. The van der Waals surface area contributed by atoms with Crippen LogP contribution < -0.4 is 5.32 Å². The molecule has 130 valence electrons. The van der Waals surface area contributed by atoms with E-state index in [9.17, 15) is 23.1 Å². The van der Waals surface area contributed by atoms with Gasteiger partial charge in [-0.2, -0.15) is 13.2 Å². The highest BCUT2D eigenvalue weighted by molar-refractivity contribution is 5.86. The average molecular weight is 333 g/mol. The molecule has 23 heavy (non-hydrogen) atoms. The molecule has 0 atom stereocenters. The summed E-state index contributed by atoms with van der Waals surface area (Å²) in [6.45, 7) is 8.01. The number of nitrogens with one attached hydrogen (secondary N) is 1. The van der Waals surface area contributed by atoms with E-state index in [2.05, 4.69) is 5.32 Å². The molecule has 0 spiro atoms. The quantitative estimate of drug-likeness (QED) is 0.864. The molecule has 0 heterocycles. The minimum Gasteiger partial charge on any atom is -0.444 e. The number of hydrogen-bond donors (Lipinski definition) is 2. The summed E-state index contributed by atoms with van der Waals surface area (Å²) in [6.07, 6.45) is -5.30. The molecule has 2 N–H and O–H groups in total. The van der Waals surface area contributed by atoms with Crippen LogP contribution in [-0.2, 0) is 17.3 Å². The zero-order valence-corrected chi connectivity index (χ0v) is 13.8. The monoisotopic (exact) mass is 333 g/mol. The van der Waals surface area contributed by atoms with Gasteiger partial charge in [-0.1, -0.05) is 6.07 Å². The van der Waals surface area contributed by atoms with Gasteiger partial charge >= 0.3 is 12.3 Å².